The molecule has 424 valence electrons. The number of aromatic nitrogens is 3. The summed E-state index contributed by atoms with van der Waals surface area (Å²) in [5.74, 6) is -9.08. The molecule has 4 aromatic rings. The Hall–Kier alpha value is -6.24. The lowest BCUT2D eigenvalue weighted by Crippen LogP contribution is -2.57. The van der Waals surface area contributed by atoms with E-state index in [9.17, 15) is 50.6 Å². The number of hydrogen-bond acceptors (Lipinski definition) is 13. The fourth-order valence-electron chi connectivity index (χ4n) is 10.4. The number of amides is 2. The molecule has 24 heteroatoms. The summed E-state index contributed by atoms with van der Waals surface area (Å²) in [6, 6.07) is 13.1. The number of fused-ring (bicyclic) bond motifs is 2. The van der Waals surface area contributed by atoms with Crippen molar-refractivity contribution in [2.24, 2.45) is 22.7 Å². The lowest BCUT2D eigenvalue weighted by molar-refractivity contribution is -0.231. The monoisotopic (exact) mass is 1100 g/mol. The third kappa shape index (κ3) is 12.6. The molecule has 8 rings (SSSR count). The lowest BCUT2D eigenvalue weighted by Gasteiger charge is -2.42. The predicted molar refractivity (Wildman–Crippen MR) is 267 cm³/mol. The van der Waals surface area contributed by atoms with Crippen LogP contribution in [0.25, 0.3) is 22.4 Å². The molecule has 2 bridgehead atoms. The molecular formula is C54H64F8N8O8. The molecule has 0 radical (unpaired) electrons. The number of anilines is 1. The van der Waals surface area contributed by atoms with Crippen molar-refractivity contribution in [2.45, 2.75) is 121 Å². The number of aliphatic hydroxyl groups excluding tert-OH is 1. The number of pyridine rings is 1. The van der Waals surface area contributed by atoms with E-state index >= 15 is 8.78 Å². The maximum atomic E-state index is 16.2. The predicted octanol–water partition coefficient (Wildman–Crippen LogP) is 7.98. The van der Waals surface area contributed by atoms with Gasteiger partial charge in [-0.2, -0.15) is 31.4 Å². The van der Waals surface area contributed by atoms with Crippen LogP contribution < -0.4 is 15.6 Å². The number of hydrazine groups is 1. The van der Waals surface area contributed by atoms with E-state index in [0.717, 1.165) is 83.3 Å². The number of alkyl carbamates (subject to hydrolysis) is 1. The number of carbonyl (C=O) groups is 4. The maximum absolute atomic E-state index is 16.2. The highest BCUT2D eigenvalue weighted by Gasteiger charge is 2.57. The topological polar surface area (TPSA) is 181 Å². The summed E-state index contributed by atoms with van der Waals surface area (Å²) in [6.45, 7) is 4.07. The van der Waals surface area contributed by atoms with E-state index in [4.69, 9.17) is 9.72 Å². The number of esters is 1. The summed E-state index contributed by atoms with van der Waals surface area (Å²) in [6.07, 6.45) is -9.60. The van der Waals surface area contributed by atoms with Crippen LogP contribution in [-0.4, -0.2) is 143 Å². The number of ketones is 1. The Balaban J connectivity index is 1.09. The first-order valence-corrected chi connectivity index (χ1v) is 25.7. The number of likely N-dealkylation sites (tertiary alicyclic amines) is 1. The molecule has 4 aliphatic rings. The zero-order chi connectivity index (χ0) is 56.6. The number of rotatable bonds is 22. The maximum Gasteiger partial charge on any atom is 0.407 e. The molecule has 2 aromatic heterocycles. The molecule has 3 N–H and O–H groups in total. The third-order valence-corrected chi connectivity index (χ3v) is 15.9. The second-order valence-corrected chi connectivity index (χ2v) is 21.9. The normalized spacial score (nSPS) is 19.8. The van der Waals surface area contributed by atoms with Crippen molar-refractivity contribution in [3.05, 3.63) is 89.8 Å². The summed E-state index contributed by atoms with van der Waals surface area (Å²) in [4.78, 5) is 63.0. The Morgan fingerprint density at radius 2 is 1.46 bits per heavy atom. The minimum atomic E-state index is -5.10. The van der Waals surface area contributed by atoms with E-state index < -0.39 is 114 Å². The number of nitrogens with one attached hydrogen (secondary N) is 2. The molecule has 16 nitrogen and oxygen atoms in total. The van der Waals surface area contributed by atoms with Gasteiger partial charge in [0, 0.05) is 73.8 Å². The lowest BCUT2D eigenvalue weighted by atomic mass is 9.75. The molecule has 2 amide bonds. The molecule has 3 saturated heterocycles. The van der Waals surface area contributed by atoms with E-state index in [1.54, 1.807) is 47.4 Å². The number of alkyl halides is 6. The highest BCUT2D eigenvalue weighted by atomic mass is 19.4. The average Bonchev–Trinajstić information content (AvgIpc) is 3.74. The van der Waals surface area contributed by atoms with Crippen LogP contribution in [0, 0.1) is 34.3 Å². The Morgan fingerprint density at radius 3 is 2.00 bits per heavy atom. The third-order valence-electron chi connectivity index (χ3n) is 15.9. The minimum absolute atomic E-state index is 0.0318. The van der Waals surface area contributed by atoms with Crippen molar-refractivity contribution >= 4 is 29.6 Å². The van der Waals surface area contributed by atoms with E-state index in [1.165, 1.54) is 0 Å². The van der Waals surface area contributed by atoms with Crippen LogP contribution in [-0.2, 0) is 41.6 Å². The molecule has 5 heterocycles. The van der Waals surface area contributed by atoms with Gasteiger partial charge in [-0.15, -0.1) is 0 Å². The summed E-state index contributed by atoms with van der Waals surface area (Å²) in [5.41, 5.74) is -2.21. The van der Waals surface area contributed by atoms with Gasteiger partial charge in [0.15, 0.2) is 5.78 Å². The minimum Gasteiger partial charge on any atom is -0.469 e. The van der Waals surface area contributed by atoms with Crippen molar-refractivity contribution in [1.29, 1.82) is 0 Å². The van der Waals surface area contributed by atoms with Gasteiger partial charge in [-0.25, -0.2) is 23.6 Å². The van der Waals surface area contributed by atoms with Crippen LogP contribution in [0.15, 0.2) is 67.0 Å². The first kappa shape index (κ1) is 57.9. The smallest absolute Gasteiger partial charge is 0.407 e. The fourth-order valence-corrected chi connectivity index (χ4v) is 10.4. The van der Waals surface area contributed by atoms with Crippen LogP contribution in [0.5, 0.6) is 0 Å². The first-order chi connectivity index (χ1) is 36.7. The van der Waals surface area contributed by atoms with Crippen LogP contribution in [0.4, 0.5) is 45.7 Å². The highest BCUT2D eigenvalue weighted by Crippen LogP contribution is 2.46. The van der Waals surface area contributed by atoms with E-state index in [0.29, 0.717) is 62.0 Å². The van der Waals surface area contributed by atoms with Gasteiger partial charge in [0.05, 0.1) is 74.5 Å². The zero-order valence-electron chi connectivity index (χ0n) is 44.0. The fraction of sp³-hybridized carbons (Fsp3) is 0.556. The average molecular weight is 1110 g/mol. The van der Waals surface area contributed by atoms with Crippen molar-refractivity contribution < 1.29 is 73.6 Å². The molecule has 78 heavy (non-hydrogen) atoms. The van der Waals surface area contributed by atoms with Gasteiger partial charge in [0.2, 0.25) is 5.91 Å². The number of nitrogens with zero attached hydrogens (tertiary/aromatic N) is 6. The molecule has 1 saturated carbocycles. The number of carbonyl (C=O) groups excluding carboxylic acids is 4. The summed E-state index contributed by atoms with van der Waals surface area (Å²) in [5, 5.41) is 19.3. The first-order valence-electron chi connectivity index (χ1n) is 25.7. The van der Waals surface area contributed by atoms with Crippen molar-refractivity contribution in [3.8, 4) is 22.4 Å². The number of piperazine rings is 1. The van der Waals surface area contributed by atoms with Gasteiger partial charge >= 0.3 is 24.4 Å². The molecule has 0 unspecified atom stereocenters. The van der Waals surface area contributed by atoms with Crippen LogP contribution in [0.2, 0.25) is 0 Å². The second-order valence-electron chi connectivity index (χ2n) is 21.9. The molecule has 4 fully saturated rings. The Kier molecular flexibility index (Phi) is 17.0. The van der Waals surface area contributed by atoms with Crippen LogP contribution in [0.1, 0.15) is 77.0 Å². The quantitative estimate of drug-likeness (QED) is 0.0392. The van der Waals surface area contributed by atoms with E-state index in [-0.39, 0.29) is 23.7 Å². The molecule has 2 aromatic carbocycles. The Bertz CT molecular complexity index is 2780. The van der Waals surface area contributed by atoms with Crippen molar-refractivity contribution in [3.63, 3.8) is 0 Å². The number of halogens is 8. The van der Waals surface area contributed by atoms with Crippen LogP contribution >= 0.6 is 0 Å². The van der Waals surface area contributed by atoms with E-state index in [1.807, 2.05) is 17.4 Å². The van der Waals surface area contributed by atoms with Gasteiger partial charge in [0.25, 0.3) is 0 Å². The molecule has 1 aliphatic carbocycles. The number of ether oxygens (including phenoxy) is 3. The van der Waals surface area contributed by atoms with Crippen molar-refractivity contribution in [2.75, 3.05) is 52.0 Å². The molecule has 6 atom stereocenters. The van der Waals surface area contributed by atoms with Gasteiger partial charge in [-0.05, 0) is 86.9 Å². The van der Waals surface area contributed by atoms with Crippen LogP contribution in [0.3, 0.4) is 0 Å². The Labute approximate surface area is 445 Å². The van der Waals surface area contributed by atoms with Gasteiger partial charge in [0.1, 0.15) is 23.5 Å². The highest BCUT2D eigenvalue weighted by molar-refractivity contribution is 5.88. The largest absolute Gasteiger partial charge is 0.469 e. The number of Topliss-reactive ketones (excluding diaryl/α,β-unsaturated/α-hetero) is 1. The summed E-state index contributed by atoms with van der Waals surface area (Å²) >= 11 is 0. The van der Waals surface area contributed by atoms with Gasteiger partial charge in [-0.1, -0.05) is 38.1 Å². The second kappa shape index (κ2) is 22.9. The van der Waals surface area contributed by atoms with Gasteiger partial charge in [-0.3, -0.25) is 29.4 Å². The van der Waals surface area contributed by atoms with Gasteiger partial charge < -0.3 is 29.5 Å². The van der Waals surface area contributed by atoms with Crippen molar-refractivity contribution in [1.82, 2.24) is 35.4 Å². The number of methoxy groups -OCH3 is 2. The summed E-state index contributed by atoms with van der Waals surface area (Å²) < 4.78 is 136. The number of hydrogen-bond donors (Lipinski definition) is 3. The number of aliphatic hydroxyl groups is 1. The SMILES string of the molecule is COC(=O)C[C@H](C(=O)NN(Cc1c(F)cc(-c2ccn(C3CC3)n2)cc1F)C[C@H](O)[C@@H](CC(=O)[C@@H](NC(=O)OC)C(C)(C)C(F)(F)F)Cc1ccc(-c2ccc(N3C[C@H]4C[C@@H]3CN4C3COC3)nc2)cc1)C(C)(C)C(F)(F)F. The standard InChI is InChI=1S/C54H64F8N8O8/c1-51(2,53(57,58)59)40(22-47(73)76-5)49(74)66-67(26-39-41(55)18-33(19-42(39)56)43-15-16-70(65-43)35-12-13-35)27-45(72)34(20-44(71)48(64-50(75)77-6)52(3,4)54(60,61)62)17-30-7-9-31(10-8-30)32-11-14-46(63-23-32)69-25-36-21-37(69)24-68(36)38-28-78-29-38/h7-11,14-16,18-19,23,34-38,40,45,48,72H,12-13,17,20-22,24-29H2,1-6H3,(H,64,75)(H,66,74)/t34-,36-,37-,40-,45+,48-/m1/s1. The molecular weight excluding hydrogens is 1040 g/mol. The van der Waals surface area contributed by atoms with E-state index in [2.05, 4.69) is 29.8 Å². The number of benzene rings is 2. The molecule has 0 spiro atoms. The Morgan fingerprint density at radius 1 is 0.808 bits per heavy atom. The molecule has 3 aliphatic heterocycles. The summed E-state index contributed by atoms with van der Waals surface area (Å²) in [7, 11) is 1.78. The zero-order valence-corrected chi connectivity index (χ0v) is 44.0.